The quantitative estimate of drug-likeness (QED) is 0.0959. The first-order chi connectivity index (χ1) is 38.0. The number of nitrogens with zero attached hydrogens (tertiary/aromatic N) is 1. The summed E-state index contributed by atoms with van der Waals surface area (Å²) in [5.41, 5.74) is 8.71. The molecule has 0 bridgehead atoms. The summed E-state index contributed by atoms with van der Waals surface area (Å²) in [4.78, 5) is 26.9. The van der Waals surface area contributed by atoms with Gasteiger partial charge in [-0.3, -0.25) is 10.2 Å². The Hall–Kier alpha value is -8.04. The molecule has 7 aromatic rings. The first-order valence-corrected chi connectivity index (χ1v) is 26.7. The molecule has 0 spiro atoms. The lowest BCUT2D eigenvalue weighted by molar-refractivity contribution is 0.146. The lowest BCUT2D eigenvalue weighted by atomic mass is 10.0. The highest BCUT2D eigenvalue weighted by atomic mass is 31.0. The molecule has 12 nitrogen and oxygen atoms in total. The van der Waals surface area contributed by atoms with E-state index in [1.807, 2.05) is 187 Å². The van der Waals surface area contributed by atoms with Crippen LogP contribution in [0.1, 0.15) is 94.3 Å². The van der Waals surface area contributed by atoms with Crippen LogP contribution in [-0.2, 0) is 35.8 Å². The molecule has 81 heavy (non-hydrogen) atoms. The monoisotopic (exact) mass is 1130 g/mol. The zero-order valence-corrected chi connectivity index (χ0v) is 50.7. The minimum absolute atomic E-state index is 0. The van der Waals surface area contributed by atoms with Crippen molar-refractivity contribution in [2.75, 3.05) is 28.7 Å². The summed E-state index contributed by atoms with van der Waals surface area (Å²) in [5.74, 6) is 4.14. The van der Waals surface area contributed by atoms with E-state index in [0.29, 0.717) is 25.4 Å². The van der Waals surface area contributed by atoms with Crippen LogP contribution in [0.2, 0.25) is 0 Å². The molecule has 2 amide bonds. The molecule has 0 aliphatic carbocycles. The maximum Gasteiger partial charge on any atom is 0.414 e. The molecule has 3 aliphatic heterocycles. The first kappa shape index (κ1) is 62.2. The van der Waals surface area contributed by atoms with Gasteiger partial charge in [0.1, 0.15) is 58.8 Å². The van der Waals surface area contributed by atoms with E-state index >= 15 is 0 Å². The van der Waals surface area contributed by atoms with E-state index in [9.17, 15) is 9.59 Å². The van der Waals surface area contributed by atoms with Crippen molar-refractivity contribution in [3.63, 3.8) is 0 Å². The van der Waals surface area contributed by atoms with Crippen molar-refractivity contribution in [3.8, 4) is 28.7 Å². The van der Waals surface area contributed by atoms with Gasteiger partial charge in [-0.2, -0.15) is 19.8 Å². The molecule has 10 rings (SSSR count). The van der Waals surface area contributed by atoms with Crippen molar-refractivity contribution in [1.82, 2.24) is 0 Å². The summed E-state index contributed by atoms with van der Waals surface area (Å²) < 4.78 is 39.6. The first-order valence-electron chi connectivity index (χ1n) is 26.7. The van der Waals surface area contributed by atoms with E-state index in [1.165, 1.54) is 5.56 Å². The number of hydrogen-bond acceptors (Lipinski definition) is 10. The smallest absolute Gasteiger partial charge is 0.414 e. The van der Waals surface area contributed by atoms with Crippen LogP contribution in [0.4, 0.5) is 26.7 Å². The van der Waals surface area contributed by atoms with E-state index in [4.69, 9.17) is 33.2 Å². The van der Waals surface area contributed by atoms with Crippen LogP contribution in [0.25, 0.3) is 18.2 Å². The number of carbonyl (C=O) groups is 2. The number of carbonyl (C=O) groups excluding carboxylic acids is 2. The zero-order valence-electron chi connectivity index (χ0n) is 47.8. The maximum absolute atomic E-state index is 13.2. The molecular formula is C67H77N3O9P2. The zero-order chi connectivity index (χ0) is 55.8. The lowest BCUT2D eigenvalue weighted by Gasteiger charge is -2.29. The predicted molar refractivity (Wildman–Crippen MR) is 338 cm³/mol. The lowest BCUT2D eigenvalue weighted by Crippen LogP contribution is -2.31. The summed E-state index contributed by atoms with van der Waals surface area (Å²) >= 11 is 0. The number of nitrogens with one attached hydrogen (secondary N) is 2. The number of benzene rings is 7. The highest BCUT2D eigenvalue weighted by Gasteiger charge is 2.26. The molecule has 0 saturated carbocycles. The molecule has 7 aromatic carbocycles. The molecule has 2 unspecified atom stereocenters. The van der Waals surface area contributed by atoms with Gasteiger partial charge in [-0.15, -0.1) is 0 Å². The number of rotatable bonds is 15. The summed E-state index contributed by atoms with van der Waals surface area (Å²) in [6, 6.07) is 52.8. The van der Waals surface area contributed by atoms with Crippen molar-refractivity contribution >= 4 is 67.3 Å². The Kier molecular flexibility index (Phi) is 22.2. The molecule has 0 radical (unpaired) electrons. The molecule has 14 heteroatoms. The largest absolute Gasteiger partial charge is 0.494 e. The normalized spacial score (nSPS) is 13.8. The number of fused-ring (bicyclic) bond motifs is 3. The second kappa shape index (κ2) is 28.9. The summed E-state index contributed by atoms with van der Waals surface area (Å²) in [7, 11) is 0. The van der Waals surface area contributed by atoms with Gasteiger partial charge in [-0.05, 0) is 175 Å². The van der Waals surface area contributed by atoms with Gasteiger partial charge in [-0.1, -0.05) is 103 Å². The molecule has 3 heterocycles. The van der Waals surface area contributed by atoms with E-state index in [2.05, 4.69) is 73.0 Å². The van der Waals surface area contributed by atoms with Crippen LogP contribution in [0.5, 0.6) is 28.7 Å². The van der Waals surface area contributed by atoms with Gasteiger partial charge in [0.05, 0.1) is 19.8 Å². The Morgan fingerprint density at radius 2 is 0.914 bits per heavy atom. The summed E-state index contributed by atoms with van der Waals surface area (Å²) in [6.45, 7) is 18.9. The van der Waals surface area contributed by atoms with Gasteiger partial charge in [0.2, 0.25) is 0 Å². The Balaban J connectivity index is 0.000000199. The fourth-order valence-electron chi connectivity index (χ4n) is 8.53. The van der Waals surface area contributed by atoms with E-state index in [1.54, 1.807) is 11.0 Å². The van der Waals surface area contributed by atoms with E-state index in [-0.39, 0.29) is 49.8 Å². The van der Waals surface area contributed by atoms with Gasteiger partial charge in [0, 0.05) is 40.3 Å². The molecule has 2 atom stereocenters. The minimum atomic E-state index is -0.500. The molecular weight excluding hydrogens is 1050 g/mol. The van der Waals surface area contributed by atoms with Crippen molar-refractivity contribution < 1.29 is 42.7 Å². The molecule has 0 aromatic heterocycles. The van der Waals surface area contributed by atoms with Crippen LogP contribution < -0.4 is 39.2 Å². The van der Waals surface area contributed by atoms with Crippen molar-refractivity contribution in [2.45, 2.75) is 98.5 Å². The second-order valence-corrected chi connectivity index (χ2v) is 20.7. The van der Waals surface area contributed by atoms with Crippen LogP contribution in [0.15, 0.2) is 182 Å². The van der Waals surface area contributed by atoms with Crippen molar-refractivity contribution in [1.29, 1.82) is 0 Å². The van der Waals surface area contributed by atoms with Crippen LogP contribution in [0.3, 0.4) is 0 Å². The van der Waals surface area contributed by atoms with Gasteiger partial charge in [0.15, 0.2) is 0 Å². The number of hydrogen-bond donors (Lipinski definition) is 2. The Labute approximate surface area is 484 Å². The average Bonchev–Trinajstić information content (AvgIpc) is 3.44. The van der Waals surface area contributed by atoms with Gasteiger partial charge in [0.25, 0.3) is 0 Å². The summed E-state index contributed by atoms with van der Waals surface area (Å²) in [6.07, 6.45) is 11.4. The standard InChI is InChI=1S/C28H29NO4.C21H23NO4.C18H19NO.2H3P/c1-4-31-25-13-10-22(11-14-25)20-32-27(30)29(19-21-8-6-5-7-9-21)24-12-15-26-23(18-24)16-17-28(2,3)33-26;1-4-24-18-8-5-15(6-9-18)14-25-20(23)22-17-7-10-19-16(13-17)11-12-21(2,3)26-19;1-18(2)11-10-15-12-16(8-9-17(15)20-18)19-13-14-6-4-3-5-7-14;;/h5-18H,4,19-20H2,1-3H3;5-13H,4,14H2,1-3H3,(H,22,23);3-12,19H,13H2,1-2H3;2*1H3. The Morgan fingerprint density at radius 1 is 0.481 bits per heavy atom. The topological polar surface area (TPSA) is 126 Å². The predicted octanol–water partition coefficient (Wildman–Crippen LogP) is 16.2. The Morgan fingerprint density at radius 3 is 1.41 bits per heavy atom. The summed E-state index contributed by atoms with van der Waals surface area (Å²) in [5, 5.41) is 6.18. The number of amides is 2. The molecule has 3 aliphatic rings. The second-order valence-electron chi connectivity index (χ2n) is 20.7. The third-order valence-electron chi connectivity index (χ3n) is 12.6. The van der Waals surface area contributed by atoms with Crippen LogP contribution in [-0.4, -0.2) is 42.2 Å². The Bertz CT molecular complexity index is 3250. The highest BCUT2D eigenvalue weighted by molar-refractivity contribution is 6.92. The minimum Gasteiger partial charge on any atom is -0.494 e. The highest BCUT2D eigenvalue weighted by Crippen LogP contribution is 2.36. The van der Waals surface area contributed by atoms with Crippen LogP contribution in [0, 0.1) is 0 Å². The van der Waals surface area contributed by atoms with Crippen LogP contribution >= 0.6 is 19.8 Å². The molecule has 0 fully saturated rings. The molecule has 424 valence electrons. The van der Waals surface area contributed by atoms with Crippen molar-refractivity contribution in [2.24, 2.45) is 0 Å². The average molecular weight is 1130 g/mol. The third kappa shape index (κ3) is 18.8. The van der Waals surface area contributed by atoms with E-state index < -0.39 is 12.2 Å². The van der Waals surface area contributed by atoms with Gasteiger partial charge < -0.3 is 38.5 Å². The third-order valence-corrected chi connectivity index (χ3v) is 12.6. The van der Waals surface area contributed by atoms with Crippen molar-refractivity contribution in [3.05, 3.63) is 221 Å². The fraction of sp³-hybridized carbons (Fsp3) is 0.254. The number of ether oxygens (including phenoxy) is 7. The van der Waals surface area contributed by atoms with E-state index in [0.717, 1.165) is 80.0 Å². The van der Waals surface area contributed by atoms with Gasteiger partial charge in [-0.25, -0.2) is 9.59 Å². The molecule has 0 saturated heterocycles. The fourth-order valence-corrected chi connectivity index (χ4v) is 8.53. The maximum atomic E-state index is 13.2. The number of anilines is 3. The SMILES string of the molecule is CC1(C)C=Cc2cc(NCc3ccccc3)ccc2O1.CCOc1ccc(COC(=O)N(Cc2ccccc2)c2ccc3c(c2)C=CC(C)(C)O3)cc1.CCOc1ccc(COC(=O)Nc2ccc3c(c2)C=CC(C)(C)O3)cc1.P.P. The van der Waals surface area contributed by atoms with Gasteiger partial charge >= 0.3 is 12.2 Å². The molecule has 2 N–H and O–H groups in total.